The van der Waals surface area contributed by atoms with Gasteiger partial charge in [0.15, 0.2) is 5.78 Å². The first-order valence-electron chi connectivity index (χ1n) is 11.9. The number of benzene rings is 2. The number of rotatable bonds is 7. The normalized spacial score (nSPS) is 20.9. The molecule has 0 unspecified atom stereocenters. The molecule has 40 heavy (non-hydrogen) atoms. The Hall–Kier alpha value is -3.30. The molecule has 12 heteroatoms. The van der Waals surface area contributed by atoms with E-state index in [4.69, 9.17) is 11.6 Å². The number of carbonyl (C=O) groups excluding carboxylic acids is 2. The predicted molar refractivity (Wildman–Crippen MR) is 150 cm³/mol. The summed E-state index contributed by atoms with van der Waals surface area (Å²) in [6.07, 6.45) is -5.35. The van der Waals surface area contributed by atoms with E-state index < -0.39 is 35.4 Å². The van der Waals surface area contributed by atoms with Gasteiger partial charge >= 0.3 is 6.18 Å². The first-order chi connectivity index (χ1) is 18.9. The van der Waals surface area contributed by atoms with Crippen LogP contribution in [0, 0.1) is 31.1 Å². The molecule has 0 saturated carbocycles. The lowest BCUT2D eigenvalue weighted by molar-refractivity contribution is -0.285. The van der Waals surface area contributed by atoms with Crippen molar-refractivity contribution in [3.05, 3.63) is 97.2 Å². The first kappa shape index (κ1) is 29.7. The summed E-state index contributed by atoms with van der Waals surface area (Å²) < 4.78 is 43.9. The molecule has 3 aromatic rings. The number of nitrogens with one attached hydrogen (secondary N) is 2. The minimum atomic E-state index is -5.35. The van der Waals surface area contributed by atoms with Gasteiger partial charge in [-0.3, -0.25) is 9.59 Å². The van der Waals surface area contributed by atoms with E-state index in [0.29, 0.717) is 17.4 Å². The topological polar surface area (TPSA) is 102 Å². The second kappa shape index (κ2) is 11.7. The summed E-state index contributed by atoms with van der Waals surface area (Å²) in [7, 11) is 0. The van der Waals surface area contributed by atoms with E-state index in [0.717, 1.165) is 22.5 Å². The van der Waals surface area contributed by atoms with Gasteiger partial charge in [-0.25, -0.2) is 0 Å². The third-order valence-corrected chi connectivity index (χ3v) is 8.73. The number of nitrogens with zero attached hydrogens (tertiary/aromatic N) is 1. The number of amides is 1. The van der Waals surface area contributed by atoms with Crippen LogP contribution in [0.1, 0.15) is 32.3 Å². The highest BCUT2D eigenvalue weighted by atomic mass is 35.5. The lowest BCUT2D eigenvalue weighted by Gasteiger charge is -2.45. The zero-order valence-electron chi connectivity index (χ0n) is 21.2. The largest absolute Gasteiger partial charge is 0.437 e. The summed E-state index contributed by atoms with van der Waals surface area (Å²) in [5.74, 6) is -5.67. The third kappa shape index (κ3) is 5.76. The van der Waals surface area contributed by atoms with Crippen LogP contribution < -0.4 is 10.6 Å². The monoisotopic (exact) mass is 605 g/mol. The second-order valence-corrected chi connectivity index (χ2v) is 11.6. The molecule has 3 atom stereocenters. The van der Waals surface area contributed by atoms with E-state index in [2.05, 4.69) is 5.32 Å². The Balaban J connectivity index is 1.79. The van der Waals surface area contributed by atoms with E-state index in [1.165, 1.54) is 35.7 Å². The van der Waals surface area contributed by atoms with Crippen LogP contribution in [0.15, 0.2) is 70.6 Å². The van der Waals surface area contributed by atoms with Crippen LogP contribution >= 0.6 is 34.7 Å². The maximum atomic E-state index is 14.6. The Morgan fingerprint density at radius 3 is 2.52 bits per heavy atom. The first-order valence-corrected chi connectivity index (χ1v) is 14.1. The summed E-state index contributed by atoms with van der Waals surface area (Å²) in [6.45, 7) is 3.70. The number of nitriles is 1. The molecule has 2 aromatic carbocycles. The average Bonchev–Trinajstić information content (AvgIpc) is 3.43. The Kier molecular flexibility index (Phi) is 8.66. The van der Waals surface area contributed by atoms with Crippen LogP contribution in [0.25, 0.3) is 0 Å². The predicted octanol–water partition coefficient (Wildman–Crippen LogP) is 6.56. The van der Waals surface area contributed by atoms with E-state index in [1.54, 1.807) is 25.1 Å². The van der Waals surface area contributed by atoms with Crippen LogP contribution in [0.2, 0.25) is 5.02 Å². The number of halogens is 4. The van der Waals surface area contributed by atoms with Crippen molar-refractivity contribution < 1.29 is 27.9 Å². The van der Waals surface area contributed by atoms with Gasteiger partial charge in [0.1, 0.15) is 0 Å². The number of alkyl halides is 3. The van der Waals surface area contributed by atoms with Crippen molar-refractivity contribution in [1.29, 1.82) is 5.26 Å². The molecule has 0 bridgehead atoms. The smallest absolute Gasteiger partial charge is 0.363 e. The fraction of sp³-hybridized carbons (Fsp3) is 0.250. The molecular weight excluding hydrogens is 583 g/mol. The van der Waals surface area contributed by atoms with E-state index in [-0.39, 0.29) is 31.8 Å². The molecule has 1 aliphatic rings. The fourth-order valence-corrected chi connectivity index (χ4v) is 6.46. The number of allylic oxidation sites excluding steroid dienone is 1. The summed E-state index contributed by atoms with van der Waals surface area (Å²) >= 11 is 7.92. The van der Waals surface area contributed by atoms with Crippen molar-refractivity contribution >= 4 is 52.1 Å². The van der Waals surface area contributed by atoms with Gasteiger partial charge < -0.3 is 15.7 Å². The number of hydrogen-bond acceptors (Lipinski definition) is 7. The summed E-state index contributed by atoms with van der Waals surface area (Å²) in [5, 5.41) is 27.3. The molecule has 0 fully saturated rings. The molecule has 0 spiro atoms. The Bertz CT molecular complexity index is 1520. The van der Waals surface area contributed by atoms with Gasteiger partial charge in [0, 0.05) is 16.6 Å². The van der Waals surface area contributed by atoms with Crippen molar-refractivity contribution in [2.45, 2.75) is 31.7 Å². The number of Topliss-reactive ketones (excluding diaryl/α,β-unsaturated/α-hetero) is 1. The highest BCUT2D eigenvalue weighted by Gasteiger charge is 2.66. The highest BCUT2D eigenvalue weighted by Crippen LogP contribution is 2.52. The number of ketones is 1. The lowest BCUT2D eigenvalue weighted by Crippen LogP contribution is -2.66. The zero-order chi connectivity index (χ0) is 29.2. The maximum absolute atomic E-state index is 14.6. The zero-order valence-corrected chi connectivity index (χ0v) is 23.6. The molecular formula is C28H23ClF3N3O3S2. The van der Waals surface area contributed by atoms with Crippen LogP contribution in [-0.4, -0.2) is 34.5 Å². The lowest BCUT2D eigenvalue weighted by atomic mass is 9.70. The second-order valence-electron chi connectivity index (χ2n) is 9.22. The van der Waals surface area contributed by atoms with Crippen molar-refractivity contribution in [3.8, 4) is 6.07 Å². The maximum Gasteiger partial charge on any atom is 0.437 e. The van der Waals surface area contributed by atoms with Gasteiger partial charge in [0.2, 0.25) is 11.6 Å². The van der Waals surface area contributed by atoms with Crippen LogP contribution in [-0.2, 0) is 4.79 Å². The molecule has 3 N–H and O–H groups in total. The number of aryl methyl sites for hydroxylation is 2. The molecule has 1 aromatic heterocycles. The van der Waals surface area contributed by atoms with Gasteiger partial charge in [-0.05, 0) is 48.6 Å². The SMILES string of the molecule is Cc1ccc(NC(=O)CSC2=C(C#N)[C@H](c3ccccc3Cl)[C@@H](C(=O)c3cccs3)[C@](O)(C(F)(F)F)N2)c(C)c1. The van der Waals surface area contributed by atoms with Gasteiger partial charge in [0.25, 0.3) is 0 Å². The highest BCUT2D eigenvalue weighted by molar-refractivity contribution is 8.03. The fourth-order valence-electron chi connectivity index (χ4n) is 4.60. The average molecular weight is 606 g/mol. The van der Waals surface area contributed by atoms with Crippen molar-refractivity contribution in [1.82, 2.24) is 5.32 Å². The molecule has 4 rings (SSSR count). The van der Waals surface area contributed by atoms with E-state index in [1.807, 2.05) is 24.4 Å². The molecule has 2 heterocycles. The number of aliphatic hydroxyl groups is 1. The third-order valence-electron chi connectivity index (χ3n) is 6.49. The molecule has 0 radical (unpaired) electrons. The molecule has 0 aliphatic carbocycles. The minimum Gasteiger partial charge on any atom is -0.363 e. The van der Waals surface area contributed by atoms with Gasteiger partial charge in [-0.2, -0.15) is 18.4 Å². The number of anilines is 1. The van der Waals surface area contributed by atoms with Crippen LogP contribution in [0.3, 0.4) is 0 Å². The number of carbonyl (C=O) groups is 2. The molecule has 1 amide bonds. The molecule has 6 nitrogen and oxygen atoms in total. The summed E-state index contributed by atoms with van der Waals surface area (Å²) in [6, 6.07) is 16.1. The van der Waals surface area contributed by atoms with E-state index in [9.17, 15) is 33.1 Å². The van der Waals surface area contributed by atoms with Crippen molar-refractivity contribution in [3.63, 3.8) is 0 Å². The Labute approximate surface area is 241 Å². The van der Waals surface area contributed by atoms with Crippen molar-refractivity contribution in [2.24, 2.45) is 5.92 Å². The minimum absolute atomic E-state index is 0.0206. The van der Waals surface area contributed by atoms with Gasteiger partial charge in [0.05, 0.1) is 33.2 Å². The number of hydrogen-bond donors (Lipinski definition) is 3. The number of thiophene rings is 1. The summed E-state index contributed by atoms with van der Waals surface area (Å²) in [5.41, 5.74) is -1.64. The molecule has 208 valence electrons. The van der Waals surface area contributed by atoms with Crippen LogP contribution in [0.4, 0.5) is 18.9 Å². The van der Waals surface area contributed by atoms with Gasteiger partial charge in [-0.15, -0.1) is 11.3 Å². The Morgan fingerprint density at radius 2 is 1.93 bits per heavy atom. The quantitative estimate of drug-likeness (QED) is 0.264. The van der Waals surface area contributed by atoms with E-state index >= 15 is 0 Å². The van der Waals surface area contributed by atoms with Crippen LogP contribution in [0.5, 0.6) is 0 Å². The number of thioether (sulfide) groups is 1. The molecule has 1 aliphatic heterocycles. The standard InChI is InChI=1S/C28H23ClF3N3O3S2/c1-15-9-10-20(16(2)12-15)34-22(36)14-40-26-18(13-33)23(17-6-3-4-7-19(17)29)24(25(37)21-8-5-11-39-21)27(38,35-26)28(30,31)32/h3-12,23-24,35,38H,14H2,1-2H3,(H,34,36)/t23-,24-,27-/m0/s1. The van der Waals surface area contributed by atoms with Gasteiger partial charge in [-0.1, -0.05) is 65.3 Å². The molecule has 0 saturated heterocycles. The Morgan fingerprint density at radius 1 is 1.20 bits per heavy atom. The summed E-state index contributed by atoms with van der Waals surface area (Å²) in [4.78, 5) is 26.3. The van der Waals surface area contributed by atoms with Crippen molar-refractivity contribution in [2.75, 3.05) is 11.1 Å².